The predicted octanol–water partition coefficient (Wildman–Crippen LogP) is 1.88. The highest BCUT2D eigenvalue weighted by Gasteiger charge is 2.28. The summed E-state index contributed by atoms with van der Waals surface area (Å²) in [6, 6.07) is 4.92. The van der Waals surface area contributed by atoms with E-state index >= 15 is 0 Å². The Balaban J connectivity index is 0.00000312. The third-order valence-corrected chi connectivity index (χ3v) is 6.59. The van der Waals surface area contributed by atoms with Crippen LogP contribution in [0.3, 0.4) is 0 Å². The first-order chi connectivity index (χ1) is 11.3. The van der Waals surface area contributed by atoms with Gasteiger partial charge >= 0.3 is 0 Å². The molecule has 1 fully saturated rings. The van der Waals surface area contributed by atoms with Gasteiger partial charge in [-0.1, -0.05) is 19.9 Å². The van der Waals surface area contributed by atoms with Crippen molar-refractivity contribution in [2.75, 3.05) is 32.7 Å². The summed E-state index contributed by atoms with van der Waals surface area (Å²) in [6.45, 7) is 10.4. The average molecular weight is 390 g/mol. The number of nitrogens with one attached hydrogen (secondary N) is 1. The van der Waals surface area contributed by atoms with E-state index in [4.69, 9.17) is 0 Å². The molecule has 1 aliphatic rings. The van der Waals surface area contributed by atoms with E-state index in [0.29, 0.717) is 25.2 Å². The molecule has 1 saturated heterocycles. The average Bonchev–Trinajstić information content (AvgIpc) is 2.55. The minimum atomic E-state index is -3.57. The van der Waals surface area contributed by atoms with E-state index in [0.717, 1.165) is 18.7 Å². The van der Waals surface area contributed by atoms with E-state index in [9.17, 15) is 13.2 Å². The standard InChI is InChI=1S/C17H27N3O3S.ClH/c1-5-19(6-2)24(22,23)15-8-7-13(3)16(11-15)17(21)20-10-9-18-12-14(20)4;/h7-8,11,14,18H,5-6,9-10,12H2,1-4H3;1H/t14-;/m0./s1. The molecule has 0 aromatic heterocycles. The first-order valence-corrected chi connectivity index (χ1v) is 9.89. The van der Waals surface area contributed by atoms with Crippen LogP contribution in [-0.4, -0.2) is 62.3 Å². The van der Waals surface area contributed by atoms with Crippen LogP contribution >= 0.6 is 12.4 Å². The van der Waals surface area contributed by atoms with Gasteiger partial charge in [-0.2, -0.15) is 4.31 Å². The third kappa shape index (κ3) is 4.53. The second-order valence-corrected chi connectivity index (χ2v) is 8.06. The number of sulfonamides is 1. The van der Waals surface area contributed by atoms with Crippen LogP contribution in [0.1, 0.15) is 36.7 Å². The number of aryl methyl sites for hydroxylation is 1. The third-order valence-electron chi connectivity index (χ3n) is 4.54. The summed E-state index contributed by atoms with van der Waals surface area (Å²) in [7, 11) is -3.57. The molecule has 1 aliphatic heterocycles. The van der Waals surface area contributed by atoms with Crippen LogP contribution in [0.2, 0.25) is 0 Å². The Labute approximate surface area is 157 Å². The lowest BCUT2D eigenvalue weighted by molar-refractivity contribution is 0.0654. The van der Waals surface area contributed by atoms with Gasteiger partial charge in [-0.25, -0.2) is 8.42 Å². The Kier molecular flexibility index (Phi) is 7.87. The van der Waals surface area contributed by atoms with E-state index in [-0.39, 0.29) is 29.3 Å². The van der Waals surface area contributed by atoms with Gasteiger partial charge in [0.2, 0.25) is 10.0 Å². The fraction of sp³-hybridized carbons (Fsp3) is 0.588. The van der Waals surface area contributed by atoms with Crippen LogP contribution in [0.15, 0.2) is 23.1 Å². The molecule has 1 aromatic carbocycles. The normalized spacial score (nSPS) is 18.1. The van der Waals surface area contributed by atoms with Crippen LogP contribution in [0, 0.1) is 6.92 Å². The van der Waals surface area contributed by atoms with Crippen molar-refractivity contribution < 1.29 is 13.2 Å². The highest BCUT2D eigenvalue weighted by molar-refractivity contribution is 7.89. The van der Waals surface area contributed by atoms with Crippen LogP contribution in [0.25, 0.3) is 0 Å². The number of piperazine rings is 1. The summed E-state index contributed by atoms with van der Waals surface area (Å²) < 4.78 is 26.8. The zero-order valence-electron chi connectivity index (χ0n) is 15.3. The summed E-state index contributed by atoms with van der Waals surface area (Å²) in [5.74, 6) is -0.0990. The fourth-order valence-electron chi connectivity index (χ4n) is 3.00. The van der Waals surface area contributed by atoms with Crippen molar-refractivity contribution in [3.05, 3.63) is 29.3 Å². The highest BCUT2D eigenvalue weighted by Crippen LogP contribution is 2.21. The van der Waals surface area contributed by atoms with Crippen LogP contribution in [0.4, 0.5) is 0 Å². The zero-order chi connectivity index (χ0) is 17.9. The number of carbonyl (C=O) groups is 1. The van der Waals surface area contributed by atoms with Crippen molar-refractivity contribution in [3.63, 3.8) is 0 Å². The largest absolute Gasteiger partial charge is 0.333 e. The van der Waals surface area contributed by atoms with Gasteiger partial charge in [0.25, 0.3) is 5.91 Å². The SMILES string of the molecule is CCN(CC)S(=O)(=O)c1ccc(C)c(C(=O)N2CCNC[C@@H]2C)c1.Cl. The lowest BCUT2D eigenvalue weighted by Gasteiger charge is -2.34. The molecular weight excluding hydrogens is 362 g/mol. The van der Waals surface area contributed by atoms with E-state index < -0.39 is 10.0 Å². The van der Waals surface area contributed by atoms with Gasteiger partial charge in [0.1, 0.15) is 0 Å². The van der Waals surface area contributed by atoms with E-state index in [2.05, 4.69) is 5.32 Å². The maximum absolute atomic E-state index is 12.9. The number of halogens is 1. The van der Waals surface area contributed by atoms with Gasteiger partial charge in [0, 0.05) is 44.3 Å². The molecule has 2 rings (SSSR count). The molecule has 6 nitrogen and oxygen atoms in total. The number of amides is 1. The summed E-state index contributed by atoms with van der Waals surface area (Å²) in [5.41, 5.74) is 1.27. The monoisotopic (exact) mass is 389 g/mol. The number of nitrogens with zero attached hydrogens (tertiary/aromatic N) is 2. The van der Waals surface area contributed by atoms with Crippen molar-refractivity contribution in [1.82, 2.24) is 14.5 Å². The molecule has 142 valence electrons. The van der Waals surface area contributed by atoms with Crippen molar-refractivity contribution in [3.8, 4) is 0 Å². The zero-order valence-corrected chi connectivity index (χ0v) is 16.9. The number of benzene rings is 1. The van der Waals surface area contributed by atoms with Crippen molar-refractivity contribution in [1.29, 1.82) is 0 Å². The molecule has 0 saturated carbocycles. The lowest BCUT2D eigenvalue weighted by atomic mass is 10.1. The molecule has 0 spiro atoms. The van der Waals surface area contributed by atoms with Crippen molar-refractivity contribution in [2.45, 2.75) is 38.6 Å². The molecule has 1 aromatic rings. The fourth-order valence-corrected chi connectivity index (χ4v) is 4.49. The van der Waals surface area contributed by atoms with E-state index in [1.807, 2.05) is 32.6 Å². The molecule has 0 unspecified atom stereocenters. The van der Waals surface area contributed by atoms with Crippen LogP contribution in [-0.2, 0) is 10.0 Å². The Bertz CT molecular complexity index is 705. The molecule has 8 heteroatoms. The van der Waals surface area contributed by atoms with Crippen molar-refractivity contribution >= 4 is 28.3 Å². The molecule has 1 atom stereocenters. The van der Waals surface area contributed by atoms with Gasteiger partial charge in [-0.3, -0.25) is 4.79 Å². The molecule has 1 heterocycles. The van der Waals surface area contributed by atoms with Gasteiger partial charge in [-0.05, 0) is 31.5 Å². The molecular formula is C17H28ClN3O3S. The van der Waals surface area contributed by atoms with Gasteiger partial charge in [-0.15, -0.1) is 12.4 Å². The lowest BCUT2D eigenvalue weighted by Crippen LogP contribution is -2.52. The van der Waals surface area contributed by atoms with Gasteiger partial charge < -0.3 is 10.2 Å². The molecule has 1 N–H and O–H groups in total. The first kappa shape index (κ1) is 21.9. The maximum Gasteiger partial charge on any atom is 0.254 e. The minimum absolute atomic E-state index is 0. The Hall–Kier alpha value is -1.15. The second-order valence-electron chi connectivity index (χ2n) is 6.12. The van der Waals surface area contributed by atoms with Gasteiger partial charge in [0.15, 0.2) is 0 Å². The molecule has 25 heavy (non-hydrogen) atoms. The van der Waals surface area contributed by atoms with E-state index in [1.54, 1.807) is 12.1 Å². The molecule has 0 bridgehead atoms. The maximum atomic E-state index is 12.9. The van der Waals surface area contributed by atoms with Crippen LogP contribution < -0.4 is 5.32 Å². The first-order valence-electron chi connectivity index (χ1n) is 8.45. The summed E-state index contributed by atoms with van der Waals surface area (Å²) >= 11 is 0. The number of hydrogen-bond acceptors (Lipinski definition) is 4. The minimum Gasteiger partial charge on any atom is -0.333 e. The Morgan fingerprint density at radius 2 is 1.96 bits per heavy atom. The number of rotatable bonds is 5. The van der Waals surface area contributed by atoms with Gasteiger partial charge in [0.05, 0.1) is 4.90 Å². The molecule has 1 amide bonds. The number of hydrogen-bond donors (Lipinski definition) is 1. The highest BCUT2D eigenvalue weighted by atomic mass is 35.5. The number of carbonyl (C=O) groups excluding carboxylic acids is 1. The quantitative estimate of drug-likeness (QED) is 0.834. The summed E-state index contributed by atoms with van der Waals surface area (Å²) in [4.78, 5) is 14.9. The van der Waals surface area contributed by atoms with E-state index in [1.165, 1.54) is 10.4 Å². The summed E-state index contributed by atoms with van der Waals surface area (Å²) in [6.07, 6.45) is 0. The van der Waals surface area contributed by atoms with Crippen molar-refractivity contribution in [2.24, 2.45) is 0 Å². The Morgan fingerprint density at radius 3 is 2.52 bits per heavy atom. The predicted molar refractivity (Wildman–Crippen MR) is 102 cm³/mol. The molecule has 0 aliphatic carbocycles. The smallest absolute Gasteiger partial charge is 0.254 e. The second kappa shape index (κ2) is 8.98. The molecule has 0 radical (unpaired) electrons. The topological polar surface area (TPSA) is 69.7 Å². The Morgan fingerprint density at radius 1 is 1.32 bits per heavy atom. The van der Waals surface area contributed by atoms with Crippen LogP contribution in [0.5, 0.6) is 0 Å². The summed E-state index contributed by atoms with van der Waals surface area (Å²) in [5, 5.41) is 3.25.